The van der Waals surface area contributed by atoms with Crippen LogP contribution in [0, 0.1) is 11.6 Å². The fourth-order valence-electron chi connectivity index (χ4n) is 2.41. The maximum absolute atomic E-state index is 13.5. The van der Waals surface area contributed by atoms with E-state index in [9.17, 15) is 13.6 Å². The molecule has 0 bridgehead atoms. The maximum Gasteiger partial charge on any atom is 0.265 e. The molecule has 0 atom stereocenters. The molecule has 1 aromatic heterocycles. The Morgan fingerprint density at radius 2 is 1.77 bits per heavy atom. The number of halogens is 2. The highest BCUT2D eigenvalue weighted by molar-refractivity contribution is 5.77. The Balaban J connectivity index is 2.37. The largest absolute Gasteiger partial charge is 0.330 e. The lowest BCUT2D eigenvalue weighted by molar-refractivity contribution is 0.580. The first-order chi connectivity index (χ1) is 10.6. The average Bonchev–Trinajstić information content (AvgIpc) is 2.47. The van der Waals surface area contributed by atoms with Crippen LogP contribution in [0.4, 0.5) is 8.78 Å². The third kappa shape index (κ3) is 2.48. The Hall–Kier alpha value is -2.60. The van der Waals surface area contributed by atoms with Crippen LogP contribution in [0.15, 0.2) is 47.3 Å². The van der Waals surface area contributed by atoms with E-state index in [1.54, 1.807) is 24.3 Å². The van der Waals surface area contributed by atoms with Crippen LogP contribution in [-0.2, 0) is 6.42 Å². The molecule has 4 nitrogen and oxygen atoms in total. The number of aromatic nitrogens is 2. The van der Waals surface area contributed by atoms with E-state index in [1.807, 2.05) is 0 Å². The van der Waals surface area contributed by atoms with Gasteiger partial charge in [-0.25, -0.2) is 13.8 Å². The molecule has 0 saturated heterocycles. The minimum atomic E-state index is -0.756. The van der Waals surface area contributed by atoms with E-state index in [-0.39, 0.29) is 17.8 Å². The molecule has 2 aromatic carbocycles. The first kappa shape index (κ1) is 14.3. The predicted octanol–water partition coefficient (Wildman–Crippen LogP) is 2.17. The summed E-state index contributed by atoms with van der Waals surface area (Å²) in [6.07, 6.45) is 0.318. The molecule has 2 N–H and O–H groups in total. The van der Waals surface area contributed by atoms with Crippen molar-refractivity contribution in [2.75, 3.05) is 6.54 Å². The quantitative estimate of drug-likeness (QED) is 0.806. The zero-order chi connectivity index (χ0) is 15.7. The van der Waals surface area contributed by atoms with Gasteiger partial charge in [-0.1, -0.05) is 12.1 Å². The molecule has 0 unspecified atom stereocenters. The van der Waals surface area contributed by atoms with Crippen LogP contribution in [0.2, 0.25) is 0 Å². The summed E-state index contributed by atoms with van der Waals surface area (Å²) in [4.78, 5) is 17.1. The molecule has 0 aliphatic carbocycles. The third-order valence-electron chi connectivity index (χ3n) is 3.32. The summed E-state index contributed by atoms with van der Waals surface area (Å²) in [6.45, 7) is 0.266. The van der Waals surface area contributed by atoms with Crippen LogP contribution >= 0.6 is 0 Å². The SMILES string of the molecule is NCCc1nc2ccccc2c(=O)n1-c1cc(F)cc(F)c1. The van der Waals surface area contributed by atoms with Gasteiger partial charge in [0.2, 0.25) is 0 Å². The van der Waals surface area contributed by atoms with Crippen molar-refractivity contribution in [3.8, 4) is 5.69 Å². The predicted molar refractivity (Wildman–Crippen MR) is 80.0 cm³/mol. The zero-order valence-electron chi connectivity index (χ0n) is 11.6. The highest BCUT2D eigenvalue weighted by Crippen LogP contribution is 2.16. The highest BCUT2D eigenvalue weighted by Gasteiger charge is 2.13. The number of rotatable bonds is 3. The van der Waals surface area contributed by atoms with Gasteiger partial charge in [-0.05, 0) is 30.8 Å². The standard InChI is InChI=1S/C16H13F2N3O/c17-10-7-11(18)9-12(8-10)21-15(5-6-19)20-14-4-2-1-3-13(14)16(21)22/h1-4,7-9H,5-6,19H2. The molecule has 0 spiro atoms. The number of hydrogen-bond acceptors (Lipinski definition) is 3. The summed E-state index contributed by atoms with van der Waals surface area (Å²) in [5.74, 6) is -1.14. The maximum atomic E-state index is 13.5. The molecule has 3 rings (SSSR count). The highest BCUT2D eigenvalue weighted by atomic mass is 19.1. The molecule has 6 heteroatoms. The van der Waals surface area contributed by atoms with Crippen LogP contribution in [0.3, 0.4) is 0 Å². The van der Waals surface area contributed by atoms with Crippen molar-refractivity contribution >= 4 is 10.9 Å². The van der Waals surface area contributed by atoms with Gasteiger partial charge in [0.05, 0.1) is 16.6 Å². The van der Waals surface area contributed by atoms with E-state index in [4.69, 9.17) is 5.73 Å². The Kier molecular flexibility index (Phi) is 3.68. The third-order valence-corrected chi connectivity index (χ3v) is 3.32. The van der Waals surface area contributed by atoms with Crippen molar-refractivity contribution in [3.63, 3.8) is 0 Å². The number of hydrogen-bond donors (Lipinski definition) is 1. The van der Waals surface area contributed by atoms with Gasteiger partial charge in [0.15, 0.2) is 0 Å². The summed E-state index contributed by atoms with van der Waals surface area (Å²) in [5.41, 5.74) is 5.81. The van der Waals surface area contributed by atoms with Gasteiger partial charge in [-0.3, -0.25) is 9.36 Å². The molecule has 0 aliphatic rings. The topological polar surface area (TPSA) is 60.9 Å². The van der Waals surface area contributed by atoms with Crippen molar-refractivity contribution in [3.05, 3.63) is 70.3 Å². The van der Waals surface area contributed by atoms with Gasteiger partial charge in [0.25, 0.3) is 5.56 Å². The minimum Gasteiger partial charge on any atom is -0.330 e. The van der Waals surface area contributed by atoms with E-state index >= 15 is 0 Å². The van der Waals surface area contributed by atoms with Crippen molar-refractivity contribution < 1.29 is 8.78 Å². The minimum absolute atomic E-state index is 0.101. The number of nitrogens with zero attached hydrogens (tertiary/aromatic N) is 2. The summed E-state index contributed by atoms with van der Waals surface area (Å²) in [7, 11) is 0. The lowest BCUT2D eigenvalue weighted by atomic mass is 10.2. The molecule has 3 aromatic rings. The normalized spacial score (nSPS) is 11.0. The summed E-state index contributed by atoms with van der Waals surface area (Å²) >= 11 is 0. The Labute approximate surface area is 124 Å². The van der Waals surface area contributed by atoms with E-state index in [0.717, 1.165) is 18.2 Å². The lowest BCUT2D eigenvalue weighted by Gasteiger charge is -2.13. The van der Waals surface area contributed by atoms with E-state index in [2.05, 4.69) is 4.98 Å². The zero-order valence-corrected chi connectivity index (χ0v) is 11.6. The molecule has 22 heavy (non-hydrogen) atoms. The number of benzene rings is 2. The van der Waals surface area contributed by atoms with Crippen molar-refractivity contribution in [1.29, 1.82) is 0 Å². The van der Waals surface area contributed by atoms with Crippen LogP contribution < -0.4 is 11.3 Å². The fraction of sp³-hybridized carbons (Fsp3) is 0.125. The summed E-state index contributed by atoms with van der Waals surface area (Å²) < 4.78 is 28.2. The Morgan fingerprint density at radius 1 is 1.09 bits per heavy atom. The van der Waals surface area contributed by atoms with Crippen molar-refractivity contribution in [1.82, 2.24) is 9.55 Å². The van der Waals surface area contributed by atoms with E-state index in [1.165, 1.54) is 4.57 Å². The number of para-hydroxylation sites is 1. The van der Waals surface area contributed by atoms with Gasteiger partial charge in [0.1, 0.15) is 17.5 Å². The molecule has 1 heterocycles. The van der Waals surface area contributed by atoms with Gasteiger partial charge in [-0.2, -0.15) is 0 Å². The van der Waals surface area contributed by atoms with Crippen molar-refractivity contribution in [2.45, 2.75) is 6.42 Å². The Morgan fingerprint density at radius 3 is 2.45 bits per heavy atom. The van der Waals surface area contributed by atoms with Gasteiger partial charge in [-0.15, -0.1) is 0 Å². The monoisotopic (exact) mass is 301 g/mol. The first-order valence-corrected chi connectivity index (χ1v) is 6.77. The van der Waals surface area contributed by atoms with Gasteiger partial charge in [0, 0.05) is 12.5 Å². The van der Waals surface area contributed by atoms with Crippen LogP contribution in [0.25, 0.3) is 16.6 Å². The number of fused-ring (bicyclic) bond motifs is 1. The number of nitrogens with two attached hydrogens (primary N) is 1. The van der Waals surface area contributed by atoms with E-state index in [0.29, 0.717) is 23.1 Å². The van der Waals surface area contributed by atoms with Crippen LogP contribution in [0.1, 0.15) is 5.82 Å². The van der Waals surface area contributed by atoms with Crippen LogP contribution in [-0.4, -0.2) is 16.1 Å². The molecule has 0 fully saturated rings. The van der Waals surface area contributed by atoms with Gasteiger partial charge < -0.3 is 5.73 Å². The van der Waals surface area contributed by atoms with Gasteiger partial charge >= 0.3 is 0 Å². The fourth-order valence-corrected chi connectivity index (χ4v) is 2.41. The Bertz CT molecular complexity index is 885. The second-order valence-electron chi connectivity index (χ2n) is 4.85. The second-order valence-corrected chi connectivity index (χ2v) is 4.85. The first-order valence-electron chi connectivity index (χ1n) is 6.77. The summed E-state index contributed by atoms with van der Waals surface area (Å²) in [6, 6.07) is 9.78. The molecule has 0 aliphatic heterocycles. The smallest absolute Gasteiger partial charge is 0.265 e. The van der Waals surface area contributed by atoms with Crippen molar-refractivity contribution in [2.24, 2.45) is 5.73 Å². The lowest BCUT2D eigenvalue weighted by Crippen LogP contribution is -2.25. The molecule has 0 radical (unpaired) electrons. The molecule has 112 valence electrons. The average molecular weight is 301 g/mol. The molecular formula is C16H13F2N3O. The van der Waals surface area contributed by atoms with E-state index < -0.39 is 11.6 Å². The summed E-state index contributed by atoms with van der Waals surface area (Å²) in [5, 5.41) is 0.382. The second kappa shape index (κ2) is 5.65. The molecule has 0 amide bonds. The van der Waals surface area contributed by atoms with Crippen LogP contribution in [0.5, 0.6) is 0 Å². The molecule has 0 saturated carbocycles. The molecular weight excluding hydrogens is 288 g/mol.